The monoisotopic (exact) mass is 308 g/mol. The van der Waals surface area contributed by atoms with Gasteiger partial charge in [0, 0.05) is 51.5 Å². The van der Waals surface area contributed by atoms with Gasteiger partial charge in [0.25, 0.3) is 0 Å². The van der Waals surface area contributed by atoms with Crippen molar-refractivity contribution in [2.75, 3.05) is 37.7 Å². The number of carbonyl (C=O) groups excluding carboxylic acids is 2. The summed E-state index contributed by atoms with van der Waals surface area (Å²) in [6.07, 6.45) is 4.15. The minimum Gasteiger partial charge on any atom is -0.466 e. The first-order valence-corrected chi connectivity index (χ1v) is 7.85. The standard InChI is InChI=1S/C15H24N4O3/c1-3-17-8-7-16-15(17)19-11-9-18(10-12-19)13(20)5-6-14(21)22-4-2/h7-8H,3-6,9-12H2,1-2H3. The van der Waals surface area contributed by atoms with Crippen molar-refractivity contribution in [2.24, 2.45) is 0 Å². The first-order chi connectivity index (χ1) is 10.7. The summed E-state index contributed by atoms with van der Waals surface area (Å²) >= 11 is 0. The minimum absolute atomic E-state index is 0.0199. The molecule has 122 valence electrons. The lowest BCUT2D eigenvalue weighted by molar-refractivity contribution is -0.145. The number of nitrogens with zero attached hydrogens (tertiary/aromatic N) is 4. The highest BCUT2D eigenvalue weighted by atomic mass is 16.5. The number of hydrogen-bond acceptors (Lipinski definition) is 5. The lowest BCUT2D eigenvalue weighted by Gasteiger charge is -2.35. The van der Waals surface area contributed by atoms with Crippen LogP contribution in [-0.2, 0) is 20.9 Å². The Morgan fingerprint density at radius 2 is 1.91 bits per heavy atom. The maximum Gasteiger partial charge on any atom is 0.306 e. The molecular weight excluding hydrogens is 284 g/mol. The Labute approximate surface area is 130 Å². The highest BCUT2D eigenvalue weighted by molar-refractivity contribution is 5.81. The molecule has 0 atom stereocenters. The van der Waals surface area contributed by atoms with Gasteiger partial charge in [-0.1, -0.05) is 0 Å². The Morgan fingerprint density at radius 1 is 1.18 bits per heavy atom. The van der Waals surface area contributed by atoms with Gasteiger partial charge in [-0.15, -0.1) is 0 Å². The number of amides is 1. The summed E-state index contributed by atoms with van der Waals surface area (Å²) in [6.45, 7) is 7.95. The van der Waals surface area contributed by atoms with Gasteiger partial charge in [0.15, 0.2) is 0 Å². The normalized spacial score (nSPS) is 15.0. The van der Waals surface area contributed by atoms with Crippen molar-refractivity contribution in [3.63, 3.8) is 0 Å². The van der Waals surface area contributed by atoms with Crippen molar-refractivity contribution in [2.45, 2.75) is 33.2 Å². The maximum absolute atomic E-state index is 12.1. The molecule has 7 nitrogen and oxygen atoms in total. The zero-order valence-corrected chi connectivity index (χ0v) is 13.3. The van der Waals surface area contributed by atoms with E-state index in [-0.39, 0.29) is 24.7 Å². The SMILES string of the molecule is CCOC(=O)CCC(=O)N1CCN(c2nccn2CC)CC1. The van der Waals surface area contributed by atoms with Crippen LogP contribution in [0, 0.1) is 0 Å². The highest BCUT2D eigenvalue weighted by Crippen LogP contribution is 2.15. The largest absolute Gasteiger partial charge is 0.466 e. The molecule has 0 spiro atoms. The molecular formula is C15H24N4O3. The fourth-order valence-corrected chi connectivity index (χ4v) is 2.59. The van der Waals surface area contributed by atoms with Gasteiger partial charge in [0.1, 0.15) is 0 Å². The van der Waals surface area contributed by atoms with Crippen molar-refractivity contribution < 1.29 is 14.3 Å². The molecule has 1 aliphatic heterocycles. The van der Waals surface area contributed by atoms with E-state index in [1.54, 1.807) is 13.1 Å². The van der Waals surface area contributed by atoms with Crippen LogP contribution < -0.4 is 4.90 Å². The number of anilines is 1. The molecule has 22 heavy (non-hydrogen) atoms. The molecule has 7 heteroatoms. The molecule has 0 saturated carbocycles. The Morgan fingerprint density at radius 3 is 2.55 bits per heavy atom. The number of esters is 1. The summed E-state index contributed by atoms with van der Waals surface area (Å²) in [5, 5.41) is 0. The van der Waals surface area contributed by atoms with Crippen LogP contribution in [0.1, 0.15) is 26.7 Å². The quantitative estimate of drug-likeness (QED) is 0.730. The summed E-state index contributed by atoms with van der Waals surface area (Å²) in [7, 11) is 0. The zero-order valence-electron chi connectivity index (χ0n) is 13.3. The van der Waals surface area contributed by atoms with E-state index in [4.69, 9.17) is 4.74 Å². The Hall–Kier alpha value is -2.05. The van der Waals surface area contributed by atoms with E-state index in [0.717, 1.165) is 25.6 Å². The second-order valence-corrected chi connectivity index (χ2v) is 5.19. The Bertz CT molecular complexity index is 507. The molecule has 1 saturated heterocycles. The van der Waals surface area contributed by atoms with Gasteiger partial charge in [-0.2, -0.15) is 0 Å². The molecule has 1 amide bonds. The highest BCUT2D eigenvalue weighted by Gasteiger charge is 2.23. The Balaban J connectivity index is 1.79. The van der Waals surface area contributed by atoms with Gasteiger partial charge in [-0.05, 0) is 13.8 Å². The van der Waals surface area contributed by atoms with Crippen LogP contribution in [0.5, 0.6) is 0 Å². The maximum atomic E-state index is 12.1. The summed E-state index contributed by atoms with van der Waals surface area (Å²) in [6, 6.07) is 0. The van der Waals surface area contributed by atoms with E-state index in [2.05, 4.69) is 21.4 Å². The van der Waals surface area contributed by atoms with Gasteiger partial charge in [-0.25, -0.2) is 4.98 Å². The van der Waals surface area contributed by atoms with E-state index in [9.17, 15) is 9.59 Å². The number of imidazole rings is 1. The molecule has 0 aromatic carbocycles. The zero-order chi connectivity index (χ0) is 15.9. The molecule has 2 heterocycles. The third-order valence-electron chi connectivity index (χ3n) is 3.80. The average molecular weight is 308 g/mol. The number of aryl methyl sites for hydroxylation is 1. The van der Waals surface area contributed by atoms with Crippen LogP contribution in [0.15, 0.2) is 12.4 Å². The predicted octanol–water partition coefficient (Wildman–Crippen LogP) is 0.895. The second kappa shape index (κ2) is 7.82. The number of hydrogen-bond donors (Lipinski definition) is 0. The fourth-order valence-electron chi connectivity index (χ4n) is 2.59. The smallest absolute Gasteiger partial charge is 0.306 e. The fraction of sp³-hybridized carbons (Fsp3) is 0.667. The number of ether oxygens (including phenoxy) is 1. The van der Waals surface area contributed by atoms with Crippen molar-refractivity contribution >= 4 is 17.8 Å². The van der Waals surface area contributed by atoms with Crippen molar-refractivity contribution in [1.29, 1.82) is 0 Å². The van der Waals surface area contributed by atoms with Gasteiger partial charge < -0.3 is 19.1 Å². The molecule has 0 bridgehead atoms. The molecule has 1 aromatic rings. The van der Waals surface area contributed by atoms with Crippen LogP contribution in [0.3, 0.4) is 0 Å². The second-order valence-electron chi connectivity index (χ2n) is 5.19. The number of piperazine rings is 1. The Kier molecular flexibility index (Phi) is 5.80. The average Bonchev–Trinajstić information content (AvgIpc) is 3.01. The number of rotatable bonds is 6. The summed E-state index contributed by atoms with van der Waals surface area (Å²) in [5.74, 6) is 0.673. The van der Waals surface area contributed by atoms with Crippen LogP contribution in [0.25, 0.3) is 0 Å². The van der Waals surface area contributed by atoms with Crippen LogP contribution in [-0.4, -0.2) is 59.1 Å². The van der Waals surface area contributed by atoms with Crippen LogP contribution in [0.4, 0.5) is 5.95 Å². The van der Waals surface area contributed by atoms with Crippen molar-refractivity contribution in [1.82, 2.24) is 14.5 Å². The molecule has 1 aliphatic rings. The van der Waals surface area contributed by atoms with Gasteiger partial charge >= 0.3 is 5.97 Å². The van der Waals surface area contributed by atoms with Crippen molar-refractivity contribution in [3.8, 4) is 0 Å². The molecule has 2 rings (SSSR count). The van der Waals surface area contributed by atoms with Crippen LogP contribution >= 0.6 is 0 Å². The van der Waals surface area contributed by atoms with Gasteiger partial charge in [0.05, 0.1) is 13.0 Å². The van der Waals surface area contributed by atoms with E-state index >= 15 is 0 Å². The molecule has 0 aliphatic carbocycles. The van der Waals surface area contributed by atoms with E-state index in [1.165, 1.54) is 0 Å². The number of carbonyl (C=O) groups is 2. The molecule has 0 unspecified atom stereocenters. The molecule has 0 N–H and O–H groups in total. The summed E-state index contributed by atoms with van der Waals surface area (Å²) < 4.78 is 6.94. The van der Waals surface area contributed by atoms with E-state index in [0.29, 0.717) is 19.7 Å². The van der Waals surface area contributed by atoms with Crippen LogP contribution in [0.2, 0.25) is 0 Å². The summed E-state index contributed by atoms with van der Waals surface area (Å²) in [4.78, 5) is 31.8. The lowest BCUT2D eigenvalue weighted by Crippen LogP contribution is -2.49. The topological polar surface area (TPSA) is 67.7 Å². The van der Waals surface area contributed by atoms with E-state index in [1.807, 2.05) is 11.1 Å². The predicted molar refractivity (Wildman–Crippen MR) is 82.6 cm³/mol. The first kappa shape index (κ1) is 16.3. The first-order valence-electron chi connectivity index (χ1n) is 7.85. The third-order valence-corrected chi connectivity index (χ3v) is 3.80. The molecule has 1 aromatic heterocycles. The van der Waals surface area contributed by atoms with E-state index < -0.39 is 0 Å². The molecule has 1 fully saturated rings. The molecule has 0 radical (unpaired) electrons. The number of aromatic nitrogens is 2. The van der Waals surface area contributed by atoms with Gasteiger partial charge in [-0.3, -0.25) is 9.59 Å². The lowest BCUT2D eigenvalue weighted by atomic mass is 10.2. The third kappa shape index (κ3) is 3.99. The van der Waals surface area contributed by atoms with Gasteiger partial charge in [0.2, 0.25) is 11.9 Å². The minimum atomic E-state index is -0.306. The van der Waals surface area contributed by atoms with Crippen molar-refractivity contribution in [3.05, 3.63) is 12.4 Å². The summed E-state index contributed by atoms with van der Waals surface area (Å²) in [5.41, 5.74) is 0.